The fourth-order valence-corrected chi connectivity index (χ4v) is 3.19. The fourth-order valence-electron chi connectivity index (χ4n) is 3.19. The van der Waals surface area contributed by atoms with Crippen LogP contribution < -0.4 is 0 Å². The zero-order valence-electron chi connectivity index (χ0n) is 15.0. The summed E-state index contributed by atoms with van der Waals surface area (Å²) in [5.41, 5.74) is 1.44. The monoisotopic (exact) mass is 343 g/mol. The first-order valence-corrected chi connectivity index (χ1v) is 8.69. The molecular formula is C19H25N3O3. The Hall–Kier alpha value is -2.21. The standard InChI is InChI=1S/C19H25N3O3/c1-19(2,3)18-21-16(15-10-14(17(23)24)4-7-20-15)12-22(18)11-13-5-8-25-9-6-13/h4,7,10,12-13H,5-6,8-9,11H2,1-3H3,(H,23,24). The fraction of sp³-hybridized carbons (Fsp3) is 0.526. The van der Waals surface area contributed by atoms with Crippen molar-refractivity contribution in [2.24, 2.45) is 5.92 Å². The van der Waals surface area contributed by atoms with Crippen molar-refractivity contribution in [1.82, 2.24) is 14.5 Å². The molecule has 1 aliphatic heterocycles. The van der Waals surface area contributed by atoms with E-state index in [0.717, 1.165) is 44.1 Å². The highest BCUT2D eigenvalue weighted by Crippen LogP contribution is 2.28. The third-order valence-electron chi connectivity index (χ3n) is 4.51. The summed E-state index contributed by atoms with van der Waals surface area (Å²) in [5, 5.41) is 9.20. The maximum Gasteiger partial charge on any atom is 0.335 e. The van der Waals surface area contributed by atoms with E-state index < -0.39 is 5.97 Å². The van der Waals surface area contributed by atoms with E-state index in [4.69, 9.17) is 9.72 Å². The van der Waals surface area contributed by atoms with Crippen LogP contribution in [0.4, 0.5) is 0 Å². The summed E-state index contributed by atoms with van der Waals surface area (Å²) >= 11 is 0. The molecule has 0 bridgehead atoms. The van der Waals surface area contributed by atoms with Crippen LogP contribution in [0.25, 0.3) is 11.4 Å². The molecule has 0 amide bonds. The summed E-state index contributed by atoms with van der Waals surface area (Å²) in [6.45, 7) is 8.96. The number of hydrogen-bond donors (Lipinski definition) is 1. The summed E-state index contributed by atoms with van der Waals surface area (Å²) in [5.74, 6) is 0.619. The van der Waals surface area contributed by atoms with Gasteiger partial charge in [-0.1, -0.05) is 20.8 Å². The van der Waals surface area contributed by atoms with E-state index in [2.05, 4.69) is 30.3 Å². The molecule has 0 aromatic carbocycles. The molecule has 2 aromatic heterocycles. The van der Waals surface area contributed by atoms with Crippen LogP contribution in [-0.4, -0.2) is 38.8 Å². The van der Waals surface area contributed by atoms with Gasteiger partial charge in [-0.25, -0.2) is 9.78 Å². The summed E-state index contributed by atoms with van der Waals surface area (Å²) < 4.78 is 7.66. The number of ether oxygens (including phenoxy) is 1. The molecule has 0 saturated carbocycles. The molecule has 134 valence electrons. The Morgan fingerprint density at radius 2 is 2.04 bits per heavy atom. The molecular weight excluding hydrogens is 318 g/mol. The van der Waals surface area contributed by atoms with Gasteiger partial charge in [-0.15, -0.1) is 0 Å². The molecule has 6 nitrogen and oxygen atoms in total. The molecule has 3 rings (SSSR count). The predicted octanol–water partition coefficient (Wildman–Crippen LogP) is 3.37. The minimum absolute atomic E-state index is 0.103. The summed E-state index contributed by atoms with van der Waals surface area (Å²) in [6, 6.07) is 3.07. The average Bonchev–Trinajstić information content (AvgIpc) is 3.00. The topological polar surface area (TPSA) is 77.2 Å². The summed E-state index contributed by atoms with van der Waals surface area (Å²) in [6.07, 6.45) is 5.64. The lowest BCUT2D eigenvalue weighted by molar-refractivity contribution is 0.0607. The van der Waals surface area contributed by atoms with Gasteiger partial charge in [-0.2, -0.15) is 0 Å². The molecule has 0 spiro atoms. The van der Waals surface area contributed by atoms with Crippen LogP contribution in [-0.2, 0) is 16.7 Å². The molecule has 1 saturated heterocycles. The van der Waals surface area contributed by atoms with Crippen molar-refractivity contribution in [3.8, 4) is 11.4 Å². The van der Waals surface area contributed by atoms with Crippen LogP contribution in [0.3, 0.4) is 0 Å². The van der Waals surface area contributed by atoms with E-state index in [1.165, 1.54) is 12.3 Å². The Morgan fingerprint density at radius 3 is 2.68 bits per heavy atom. The highest BCUT2D eigenvalue weighted by Gasteiger charge is 2.25. The zero-order valence-corrected chi connectivity index (χ0v) is 15.0. The van der Waals surface area contributed by atoms with E-state index in [1.54, 1.807) is 6.07 Å². The van der Waals surface area contributed by atoms with Gasteiger partial charge < -0.3 is 14.4 Å². The van der Waals surface area contributed by atoms with Crippen molar-refractivity contribution in [2.75, 3.05) is 13.2 Å². The quantitative estimate of drug-likeness (QED) is 0.921. The summed E-state index contributed by atoms with van der Waals surface area (Å²) in [4.78, 5) is 20.3. The minimum Gasteiger partial charge on any atom is -0.478 e. The first-order valence-electron chi connectivity index (χ1n) is 8.69. The Labute approximate surface area is 147 Å². The number of carbonyl (C=O) groups is 1. The molecule has 1 fully saturated rings. The van der Waals surface area contributed by atoms with E-state index >= 15 is 0 Å². The number of aromatic nitrogens is 3. The van der Waals surface area contributed by atoms with Gasteiger partial charge in [0, 0.05) is 37.6 Å². The Morgan fingerprint density at radius 1 is 1.32 bits per heavy atom. The van der Waals surface area contributed by atoms with Crippen LogP contribution in [0.1, 0.15) is 49.8 Å². The maximum absolute atomic E-state index is 11.2. The molecule has 2 aromatic rings. The van der Waals surface area contributed by atoms with Gasteiger partial charge in [-0.3, -0.25) is 4.98 Å². The minimum atomic E-state index is -0.957. The molecule has 0 radical (unpaired) electrons. The third-order valence-corrected chi connectivity index (χ3v) is 4.51. The largest absolute Gasteiger partial charge is 0.478 e. The number of hydrogen-bond acceptors (Lipinski definition) is 4. The molecule has 0 aliphatic carbocycles. The van der Waals surface area contributed by atoms with Gasteiger partial charge in [0.2, 0.25) is 0 Å². The van der Waals surface area contributed by atoms with Crippen LogP contribution in [0.15, 0.2) is 24.5 Å². The predicted molar refractivity (Wildman–Crippen MR) is 94.7 cm³/mol. The van der Waals surface area contributed by atoms with Crippen molar-refractivity contribution in [3.63, 3.8) is 0 Å². The number of imidazole rings is 1. The zero-order chi connectivity index (χ0) is 18.0. The Balaban J connectivity index is 1.95. The third kappa shape index (κ3) is 4.07. The SMILES string of the molecule is CC(C)(C)c1nc(-c2cc(C(=O)O)ccn2)cn1CC1CCOCC1. The Bertz CT molecular complexity index is 756. The highest BCUT2D eigenvalue weighted by atomic mass is 16.5. The lowest BCUT2D eigenvalue weighted by Gasteiger charge is -2.25. The number of aromatic carboxylic acids is 1. The first kappa shape index (κ1) is 17.6. The molecule has 6 heteroatoms. The average molecular weight is 343 g/mol. The van der Waals surface area contributed by atoms with Gasteiger partial charge >= 0.3 is 5.97 Å². The maximum atomic E-state index is 11.2. The van der Waals surface area contributed by atoms with Gasteiger partial charge in [0.05, 0.1) is 11.3 Å². The van der Waals surface area contributed by atoms with Gasteiger partial charge in [0.15, 0.2) is 0 Å². The summed E-state index contributed by atoms with van der Waals surface area (Å²) in [7, 11) is 0. The van der Waals surface area contributed by atoms with Gasteiger partial charge in [0.1, 0.15) is 11.5 Å². The number of carboxylic acids is 1. The van der Waals surface area contributed by atoms with E-state index in [0.29, 0.717) is 11.6 Å². The molecule has 0 atom stereocenters. The van der Waals surface area contributed by atoms with Crippen LogP contribution in [0.2, 0.25) is 0 Å². The lowest BCUT2D eigenvalue weighted by atomic mass is 9.94. The Kier molecular flexibility index (Phi) is 4.90. The van der Waals surface area contributed by atoms with Crippen molar-refractivity contribution in [1.29, 1.82) is 0 Å². The highest BCUT2D eigenvalue weighted by molar-refractivity contribution is 5.88. The number of nitrogens with zero attached hydrogens (tertiary/aromatic N) is 3. The van der Waals surface area contributed by atoms with Crippen molar-refractivity contribution >= 4 is 5.97 Å². The molecule has 1 aliphatic rings. The normalized spacial score (nSPS) is 16.1. The lowest BCUT2D eigenvalue weighted by Crippen LogP contribution is -2.24. The first-order chi connectivity index (χ1) is 11.8. The second-order valence-corrected chi connectivity index (χ2v) is 7.64. The van der Waals surface area contributed by atoms with E-state index in [-0.39, 0.29) is 11.0 Å². The molecule has 1 N–H and O–H groups in total. The van der Waals surface area contributed by atoms with Crippen molar-refractivity contribution in [3.05, 3.63) is 35.9 Å². The number of pyridine rings is 1. The second-order valence-electron chi connectivity index (χ2n) is 7.64. The van der Waals surface area contributed by atoms with Gasteiger partial charge in [0.25, 0.3) is 0 Å². The molecule has 0 unspecified atom stereocenters. The van der Waals surface area contributed by atoms with Crippen molar-refractivity contribution in [2.45, 2.75) is 45.6 Å². The smallest absolute Gasteiger partial charge is 0.335 e. The van der Waals surface area contributed by atoms with Crippen LogP contribution in [0.5, 0.6) is 0 Å². The van der Waals surface area contributed by atoms with Gasteiger partial charge in [-0.05, 0) is 30.9 Å². The number of rotatable bonds is 4. The molecule has 25 heavy (non-hydrogen) atoms. The number of carboxylic acid groups (broad SMARTS) is 1. The van der Waals surface area contributed by atoms with E-state index in [1.807, 2.05) is 6.20 Å². The second kappa shape index (κ2) is 6.96. The van der Waals surface area contributed by atoms with Crippen molar-refractivity contribution < 1.29 is 14.6 Å². The molecule has 3 heterocycles. The van der Waals surface area contributed by atoms with Crippen LogP contribution in [0, 0.1) is 5.92 Å². The van der Waals surface area contributed by atoms with E-state index in [9.17, 15) is 9.90 Å². The van der Waals surface area contributed by atoms with Crippen LogP contribution >= 0.6 is 0 Å².